The largest absolute Gasteiger partial charge is 0.506 e. The summed E-state index contributed by atoms with van der Waals surface area (Å²) in [4.78, 5) is 16.1. The fraction of sp³-hybridized carbons (Fsp3) is 0.0625. The Morgan fingerprint density at radius 2 is 2.00 bits per heavy atom. The Kier molecular flexibility index (Phi) is 3.82. The van der Waals surface area contributed by atoms with Crippen molar-refractivity contribution in [1.82, 2.24) is 20.5 Å². The van der Waals surface area contributed by atoms with Gasteiger partial charge in [-0.1, -0.05) is 30.3 Å². The van der Waals surface area contributed by atoms with Crippen LogP contribution in [0.4, 0.5) is 0 Å². The zero-order valence-corrected chi connectivity index (χ0v) is 11.7. The minimum atomic E-state index is -0.306. The van der Waals surface area contributed by atoms with E-state index in [2.05, 4.69) is 20.5 Å². The van der Waals surface area contributed by atoms with Gasteiger partial charge in [0.25, 0.3) is 5.91 Å². The Bertz CT molecular complexity index is 784. The maximum Gasteiger partial charge on any atom is 0.269 e. The molecule has 110 valence electrons. The summed E-state index contributed by atoms with van der Waals surface area (Å²) in [5, 5.41) is 19.1. The highest BCUT2D eigenvalue weighted by atomic mass is 16.3. The molecule has 0 bridgehead atoms. The van der Waals surface area contributed by atoms with Crippen LogP contribution >= 0.6 is 0 Å². The van der Waals surface area contributed by atoms with Gasteiger partial charge < -0.3 is 10.4 Å². The number of nitrogens with zero attached hydrogens (tertiary/aromatic N) is 2. The van der Waals surface area contributed by atoms with E-state index < -0.39 is 0 Å². The average Bonchev–Trinajstić information content (AvgIpc) is 3.05. The summed E-state index contributed by atoms with van der Waals surface area (Å²) in [6, 6.07) is 14.4. The first-order valence-corrected chi connectivity index (χ1v) is 6.76. The van der Waals surface area contributed by atoms with Gasteiger partial charge >= 0.3 is 0 Å². The van der Waals surface area contributed by atoms with Gasteiger partial charge in [-0.3, -0.25) is 14.9 Å². The highest BCUT2D eigenvalue weighted by Gasteiger charge is 2.11. The third-order valence-corrected chi connectivity index (χ3v) is 3.17. The SMILES string of the molecule is O=C(NCc1ncccc1O)c1cc(-c2ccccc2)n[nH]1. The number of nitrogens with one attached hydrogen (secondary N) is 2. The topological polar surface area (TPSA) is 90.9 Å². The number of aromatic nitrogens is 3. The summed E-state index contributed by atoms with van der Waals surface area (Å²) in [6.45, 7) is 0.144. The molecule has 2 aromatic heterocycles. The molecule has 0 unspecified atom stereocenters. The van der Waals surface area contributed by atoms with Gasteiger partial charge in [0, 0.05) is 11.8 Å². The first kappa shape index (κ1) is 13.8. The number of pyridine rings is 1. The molecule has 0 aliphatic heterocycles. The number of amides is 1. The van der Waals surface area contributed by atoms with E-state index in [1.54, 1.807) is 18.3 Å². The molecule has 6 nitrogen and oxygen atoms in total. The van der Waals surface area contributed by atoms with E-state index in [4.69, 9.17) is 0 Å². The number of hydrogen-bond acceptors (Lipinski definition) is 4. The lowest BCUT2D eigenvalue weighted by Gasteiger charge is -2.04. The van der Waals surface area contributed by atoms with E-state index in [-0.39, 0.29) is 18.2 Å². The molecule has 0 aliphatic rings. The summed E-state index contributed by atoms with van der Waals surface area (Å²) in [5.41, 5.74) is 2.40. The molecule has 0 spiro atoms. The molecule has 6 heteroatoms. The Morgan fingerprint density at radius 3 is 2.77 bits per heavy atom. The highest BCUT2D eigenvalue weighted by molar-refractivity contribution is 5.93. The number of carbonyl (C=O) groups excluding carboxylic acids is 1. The van der Waals surface area contributed by atoms with Crippen LogP contribution in [0.25, 0.3) is 11.3 Å². The molecule has 0 aliphatic carbocycles. The zero-order chi connectivity index (χ0) is 15.4. The van der Waals surface area contributed by atoms with Crippen LogP contribution in [0.5, 0.6) is 5.75 Å². The van der Waals surface area contributed by atoms with Gasteiger partial charge in [-0.15, -0.1) is 0 Å². The number of aromatic hydroxyl groups is 1. The number of H-pyrrole nitrogens is 1. The molecule has 1 aromatic carbocycles. The van der Waals surface area contributed by atoms with Gasteiger partial charge in [0.2, 0.25) is 0 Å². The van der Waals surface area contributed by atoms with Crippen molar-refractivity contribution in [1.29, 1.82) is 0 Å². The second kappa shape index (κ2) is 6.09. The van der Waals surface area contributed by atoms with E-state index in [9.17, 15) is 9.90 Å². The van der Waals surface area contributed by atoms with Crippen molar-refractivity contribution in [3.63, 3.8) is 0 Å². The summed E-state index contributed by atoms with van der Waals surface area (Å²) >= 11 is 0. The molecule has 3 rings (SSSR count). The van der Waals surface area contributed by atoms with Crippen LogP contribution < -0.4 is 5.32 Å². The van der Waals surface area contributed by atoms with Crippen LogP contribution in [0.15, 0.2) is 54.7 Å². The summed E-state index contributed by atoms with van der Waals surface area (Å²) in [6.07, 6.45) is 1.56. The predicted molar refractivity (Wildman–Crippen MR) is 81.1 cm³/mol. The van der Waals surface area contributed by atoms with E-state index in [0.717, 1.165) is 5.56 Å². The normalized spacial score (nSPS) is 10.4. The molecule has 2 heterocycles. The summed E-state index contributed by atoms with van der Waals surface area (Å²) in [7, 11) is 0. The monoisotopic (exact) mass is 294 g/mol. The first-order valence-electron chi connectivity index (χ1n) is 6.76. The number of benzene rings is 1. The molecule has 0 fully saturated rings. The van der Waals surface area contributed by atoms with E-state index in [1.165, 1.54) is 6.07 Å². The van der Waals surface area contributed by atoms with Crippen molar-refractivity contribution in [2.24, 2.45) is 0 Å². The molecular formula is C16H14N4O2. The van der Waals surface area contributed by atoms with E-state index in [0.29, 0.717) is 17.1 Å². The van der Waals surface area contributed by atoms with E-state index in [1.807, 2.05) is 30.3 Å². The number of hydrogen-bond donors (Lipinski definition) is 3. The molecule has 0 saturated heterocycles. The minimum Gasteiger partial charge on any atom is -0.506 e. The van der Waals surface area contributed by atoms with Gasteiger partial charge in [-0.2, -0.15) is 5.10 Å². The standard InChI is InChI=1S/C16H14N4O2/c21-15-7-4-8-17-14(15)10-18-16(22)13-9-12(19-20-13)11-5-2-1-3-6-11/h1-9,21H,10H2,(H,18,22)(H,19,20). The molecule has 0 radical (unpaired) electrons. The smallest absolute Gasteiger partial charge is 0.269 e. The molecule has 3 N–H and O–H groups in total. The summed E-state index contributed by atoms with van der Waals surface area (Å²) in [5.74, 6) is -0.253. The number of aromatic amines is 1. The number of rotatable bonds is 4. The lowest BCUT2D eigenvalue weighted by atomic mass is 10.1. The predicted octanol–water partition coefficient (Wildman–Crippen LogP) is 2.11. The molecule has 3 aromatic rings. The van der Waals surface area contributed by atoms with Crippen molar-refractivity contribution in [2.75, 3.05) is 0 Å². The number of carbonyl (C=O) groups is 1. The van der Waals surface area contributed by atoms with Crippen LogP contribution in [0.2, 0.25) is 0 Å². The molecule has 1 amide bonds. The fourth-order valence-electron chi connectivity index (χ4n) is 2.02. The van der Waals surface area contributed by atoms with Crippen LogP contribution in [0, 0.1) is 0 Å². The first-order chi connectivity index (χ1) is 10.7. The quantitative estimate of drug-likeness (QED) is 0.687. The van der Waals surface area contributed by atoms with Crippen LogP contribution in [-0.2, 0) is 6.54 Å². The molecule has 0 saturated carbocycles. The van der Waals surface area contributed by atoms with Gasteiger partial charge in [0.15, 0.2) is 0 Å². The van der Waals surface area contributed by atoms with Crippen LogP contribution in [-0.4, -0.2) is 26.2 Å². The molecular weight excluding hydrogens is 280 g/mol. The van der Waals surface area contributed by atoms with Crippen molar-refractivity contribution >= 4 is 5.91 Å². The van der Waals surface area contributed by atoms with Gasteiger partial charge in [0.1, 0.15) is 17.1 Å². The average molecular weight is 294 g/mol. The van der Waals surface area contributed by atoms with Crippen LogP contribution in [0.3, 0.4) is 0 Å². The molecule has 0 atom stereocenters. The Balaban J connectivity index is 1.69. The van der Waals surface area contributed by atoms with E-state index >= 15 is 0 Å². The lowest BCUT2D eigenvalue weighted by Crippen LogP contribution is -2.23. The van der Waals surface area contributed by atoms with Crippen LogP contribution in [0.1, 0.15) is 16.2 Å². The van der Waals surface area contributed by atoms with Gasteiger partial charge in [0.05, 0.1) is 12.2 Å². The highest BCUT2D eigenvalue weighted by Crippen LogP contribution is 2.17. The van der Waals surface area contributed by atoms with Gasteiger partial charge in [-0.05, 0) is 18.2 Å². The Hall–Kier alpha value is -3.15. The van der Waals surface area contributed by atoms with Crippen molar-refractivity contribution in [3.05, 3.63) is 66.1 Å². The van der Waals surface area contributed by atoms with Crippen molar-refractivity contribution in [3.8, 4) is 17.0 Å². The van der Waals surface area contributed by atoms with Gasteiger partial charge in [-0.25, -0.2) is 0 Å². The maximum absolute atomic E-state index is 12.1. The third kappa shape index (κ3) is 2.95. The van der Waals surface area contributed by atoms with Crippen molar-refractivity contribution < 1.29 is 9.90 Å². The molecule has 22 heavy (non-hydrogen) atoms. The Labute approximate surface area is 126 Å². The minimum absolute atomic E-state index is 0.0531. The Morgan fingerprint density at radius 1 is 1.18 bits per heavy atom. The summed E-state index contributed by atoms with van der Waals surface area (Å²) < 4.78 is 0. The second-order valence-corrected chi connectivity index (χ2v) is 4.68. The lowest BCUT2D eigenvalue weighted by molar-refractivity contribution is 0.0945. The second-order valence-electron chi connectivity index (χ2n) is 4.68. The third-order valence-electron chi connectivity index (χ3n) is 3.17. The van der Waals surface area contributed by atoms with Crippen molar-refractivity contribution in [2.45, 2.75) is 6.54 Å². The maximum atomic E-state index is 12.1. The zero-order valence-electron chi connectivity index (χ0n) is 11.7. The fourth-order valence-corrected chi connectivity index (χ4v) is 2.02.